The summed E-state index contributed by atoms with van der Waals surface area (Å²) in [4.78, 5) is 11.6. The number of carbonyl (C=O) groups is 1. The maximum Gasteiger partial charge on any atom is 0.314 e. The van der Waals surface area contributed by atoms with E-state index in [-0.39, 0.29) is 12.6 Å². The van der Waals surface area contributed by atoms with Crippen LogP contribution in [0.4, 0.5) is 4.79 Å². The summed E-state index contributed by atoms with van der Waals surface area (Å²) < 4.78 is 1.77. The van der Waals surface area contributed by atoms with Gasteiger partial charge in [-0.15, -0.1) is 0 Å². The molecule has 0 aliphatic rings. The Labute approximate surface area is 127 Å². The van der Waals surface area contributed by atoms with E-state index in [0.29, 0.717) is 6.54 Å². The van der Waals surface area contributed by atoms with E-state index < -0.39 is 6.10 Å². The van der Waals surface area contributed by atoms with Crippen LogP contribution in [-0.4, -0.2) is 34.0 Å². The van der Waals surface area contributed by atoms with Gasteiger partial charge < -0.3 is 15.7 Å². The number of nitrogens with zero attached hydrogens (tertiary/aromatic N) is 2. The molecule has 114 valence electrons. The highest BCUT2D eigenvalue weighted by Crippen LogP contribution is 2.14. The Morgan fingerprint density at radius 3 is 3.05 bits per heavy atom. The highest BCUT2D eigenvalue weighted by Gasteiger charge is 2.09. The van der Waals surface area contributed by atoms with Crippen LogP contribution in [0.15, 0.2) is 29.2 Å². The molecule has 3 N–H and O–H groups in total. The molecular weight excluding hydrogens is 288 g/mol. The molecule has 0 radical (unpaired) electrons. The van der Waals surface area contributed by atoms with Crippen molar-refractivity contribution in [3.8, 4) is 0 Å². The summed E-state index contributed by atoms with van der Waals surface area (Å²) in [5.41, 5.74) is 1.99. The Kier molecular flexibility index (Phi) is 5.77. The van der Waals surface area contributed by atoms with Gasteiger partial charge in [-0.3, -0.25) is 4.68 Å². The molecule has 7 heteroatoms. The lowest BCUT2D eigenvalue weighted by Crippen LogP contribution is -2.38. The number of rotatable bonds is 7. The van der Waals surface area contributed by atoms with Gasteiger partial charge >= 0.3 is 6.03 Å². The van der Waals surface area contributed by atoms with Gasteiger partial charge in [0, 0.05) is 26.3 Å². The van der Waals surface area contributed by atoms with Gasteiger partial charge in [0.05, 0.1) is 12.3 Å². The first kappa shape index (κ1) is 15.5. The monoisotopic (exact) mass is 308 g/mol. The molecule has 0 aliphatic carbocycles. The lowest BCUT2D eigenvalue weighted by Gasteiger charge is -2.11. The van der Waals surface area contributed by atoms with E-state index in [1.165, 1.54) is 11.3 Å². The summed E-state index contributed by atoms with van der Waals surface area (Å²) in [7, 11) is 1.88. The molecule has 0 spiro atoms. The molecule has 0 saturated heterocycles. The molecule has 2 aromatic heterocycles. The SMILES string of the molecule is Cn1cc(CCCNC(=O)NC[C@H](O)c2ccsc2)cn1. The smallest absolute Gasteiger partial charge is 0.314 e. The predicted molar refractivity (Wildman–Crippen MR) is 82.2 cm³/mol. The third kappa shape index (κ3) is 5.20. The van der Waals surface area contributed by atoms with Crippen LogP contribution in [0.3, 0.4) is 0 Å². The molecule has 0 unspecified atom stereocenters. The molecule has 0 saturated carbocycles. The maximum atomic E-state index is 11.6. The second-order valence-electron chi connectivity index (χ2n) is 4.84. The Hall–Kier alpha value is -1.86. The lowest BCUT2D eigenvalue weighted by atomic mass is 10.2. The number of thiophene rings is 1. The van der Waals surface area contributed by atoms with Crippen molar-refractivity contribution in [3.05, 3.63) is 40.3 Å². The minimum Gasteiger partial charge on any atom is -0.387 e. The maximum absolute atomic E-state index is 11.6. The first-order chi connectivity index (χ1) is 10.1. The van der Waals surface area contributed by atoms with Crippen molar-refractivity contribution < 1.29 is 9.90 Å². The Morgan fingerprint density at radius 2 is 2.38 bits per heavy atom. The van der Waals surface area contributed by atoms with Gasteiger partial charge in [0.15, 0.2) is 0 Å². The number of nitrogens with one attached hydrogen (secondary N) is 2. The summed E-state index contributed by atoms with van der Waals surface area (Å²) in [6, 6.07) is 1.60. The van der Waals surface area contributed by atoms with Crippen LogP contribution < -0.4 is 10.6 Å². The molecule has 0 aromatic carbocycles. The fourth-order valence-corrected chi connectivity index (χ4v) is 2.64. The van der Waals surface area contributed by atoms with Gasteiger partial charge in [0.25, 0.3) is 0 Å². The number of hydrogen-bond donors (Lipinski definition) is 3. The fourth-order valence-electron chi connectivity index (χ4n) is 1.93. The molecule has 21 heavy (non-hydrogen) atoms. The molecule has 6 nitrogen and oxygen atoms in total. The van der Waals surface area contributed by atoms with Gasteiger partial charge in [-0.1, -0.05) is 0 Å². The van der Waals surface area contributed by atoms with Gasteiger partial charge in [-0.25, -0.2) is 4.79 Å². The second-order valence-corrected chi connectivity index (χ2v) is 5.62. The first-order valence-corrected chi connectivity index (χ1v) is 7.79. The third-order valence-electron chi connectivity index (χ3n) is 3.07. The zero-order valence-corrected chi connectivity index (χ0v) is 12.8. The minimum absolute atomic E-state index is 0.213. The normalized spacial score (nSPS) is 12.1. The van der Waals surface area contributed by atoms with E-state index >= 15 is 0 Å². The minimum atomic E-state index is -0.655. The van der Waals surface area contributed by atoms with E-state index in [2.05, 4.69) is 15.7 Å². The van der Waals surface area contributed by atoms with E-state index in [9.17, 15) is 9.90 Å². The van der Waals surface area contributed by atoms with Crippen molar-refractivity contribution in [2.75, 3.05) is 13.1 Å². The number of hydrogen-bond acceptors (Lipinski definition) is 4. The van der Waals surface area contributed by atoms with Crippen molar-refractivity contribution in [3.63, 3.8) is 0 Å². The number of aryl methyl sites for hydroxylation is 2. The van der Waals surface area contributed by atoms with Crippen LogP contribution in [0.5, 0.6) is 0 Å². The van der Waals surface area contributed by atoms with E-state index in [1.807, 2.05) is 36.3 Å². The van der Waals surface area contributed by atoms with Crippen LogP contribution in [-0.2, 0) is 13.5 Å². The van der Waals surface area contributed by atoms with E-state index in [1.54, 1.807) is 4.68 Å². The standard InChI is InChI=1S/C14H20N4O2S/c1-18-9-11(7-17-18)3-2-5-15-14(20)16-8-13(19)12-4-6-21-10-12/h4,6-7,9-10,13,19H,2-3,5,8H2,1H3,(H2,15,16,20)/t13-/m0/s1. The molecule has 0 aliphatic heterocycles. The summed E-state index contributed by atoms with van der Waals surface area (Å²) in [5.74, 6) is 0. The largest absolute Gasteiger partial charge is 0.387 e. The van der Waals surface area contributed by atoms with Crippen LogP contribution in [0.25, 0.3) is 0 Å². The summed E-state index contributed by atoms with van der Waals surface area (Å²) in [5, 5.41) is 23.1. The van der Waals surface area contributed by atoms with E-state index in [4.69, 9.17) is 0 Å². The van der Waals surface area contributed by atoms with E-state index in [0.717, 1.165) is 24.0 Å². The van der Waals surface area contributed by atoms with Crippen molar-refractivity contribution in [1.82, 2.24) is 20.4 Å². The Morgan fingerprint density at radius 1 is 1.52 bits per heavy atom. The summed E-state index contributed by atoms with van der Waals surface area (Å²) in [6.45, 7) is 0.806. The molecule has 2 heterocycles. The van der Waals surface area contributed by atoms with Crippen molar-refractivity contribution in [2.24, 2.45) is 7.05 Å². The average Bonchev–Trinajstić information content (AvgIpc) is 3.12. The number of aliphatic hydroxyl groups is 1. The number of amides is 2. The second kappa shape index (κ2) is 7.80. The molecular formula is C14H20N4O2S. The van der Waals surface area contributed by atoms with Crippen LogP contribution >= 0.6 is 11.3 Å². The summed E-state index contributed by atoms with van der Waals surface area (Å²) >= 11 is 1.52. The van der Waals surface area contributed by atoms with Crippen LogP contribution in [0, 0.1) is 0 Å². The Balaban J connectivity index is 1.57. The zero-order chi connectivity index (χ0) is 15.1. The zero-order valence-electron chi connectivity index (χ0n) is 12.0. The summed E-state index contributed by atoms with van der Waals surface area (Å²) in [6.07, 6.45) is 4.88. The predicted octanol–water partition coefficient (Wildman–Crippen LogP) is 1.45. The molecule has 2 aromatic rings. The van der Waals surface area contributed by atoms with Gasteiger partial charge in [0.1, 0.15) is 0 Å². The quantitative estimate of drug-likeness (QED) is 0.677. The topological polar surface area (TPSA) is 79.2 Å². The number of aromatic nitrogens is 2. The van der Waals surface area contributed by atoms with Crippen LogP contribution in [0.2, 0.25) is 0 Å². The molecule has 2 rings (SSSR count). The number of aliphatic hydroxyl groups excluding tert-OH is 1. The van der Waals surface area contributed by atoms with Gasteiger partial charge in [0.2, 0.25) is 0 Å². The Bertz CT molecular complexity index is 553. The molecule has 0 bridgehead atoms. The third-order valence-corrected chi connectivity index (χ3v) is 3.77. The highest BCUT2D eigenvalue weighted by atomic mass is 32.1. The number of carbonyl (C=O) groups excluding carboxylic acids is 1. The van der Waals surface area contributed by atoms with Crippen LogP contribution in [0.1, 0.15) is 23.7 Å². The van der Waals surface area contributed by atoms with Gasteiger partial charge in [-0.05, 0) is 40.8 Å². The first-order valence-electron chi connectivity index (χ1n) is 6.84. The lowest BCUT2D eigenvalue weighted by molar-refractivity contribution is 0.173. The van der Waals surface area contributed by atoms with Gasteiger partial charge in [-0.2, -0.15) is 16.4 Å². The number of urea groups is 1. The van der Waals surface area contributed by atoms with Crippen molar-refractivity contribution >= 4 is 17.4 Å². The molecule has 1 atom stereocenters. The average molecular weight is 308 g/mol. The molecule has 0 fully saturated rings. The van der Waals surface area contributed by atoms with Crippen molar-refractivity contribution in [1.29, 1.82) is 0 Å². The molecule has 2 amide bonds. The van der Waals surface area contributed by atoms with Crippen molar-refractivity contribution in [2.45, 2.75) is 18.9 Å². The fraction of sp³-hybridized carbons (Fsp3) is 0.429. The highest BCUT2D eigenvalue weighted by molar-refractivity contribution is 7.07.